The lowest BCUT2D eigenvalue weighted by molar-refractivity contribution is -0.287. The van der Waals surface area contributed by atoms with Gasteiger partial charge in [-0.3, -0.25) is 4.79 Å². The minimum absolute atomic E-state index is 0.0244. The number of rotatable bonds is 7. The average molecular weight is 561 g/mol. The molecule has 0 amide bonds. The van der Waals surface area contributed by atoms with Crippen molar-refractivity contribution < 1.29 is 31.8 Å². The van der Waals surface area contributed by atoms with Crippen LogP contribution in [0.4, 0.5) is 23.4 Å². The van der Waals surface area contributed by atoms with Crippen molar-refractivity contribution in [3.8, 4) is 11.5 Å². The van der Waals surface area contributed by atoms with Gasteiger partial charge in [0.05, 0.1) is 0 Å². The van der Waals surface area contributed by atoms with E-state index in [1.165, 1.54) is 18.2 Å². The minimum Gasteiger partial charge on any atom is -0.395 e. The van der Waals surface area contributed by atoms with Gasteiger partial charge in [-0.1, -0.05) is 38.3 Å². The van der Waals surface area contributed by atoms with E-state index < -0.39 is 23.6 Å². The molecular formula is C29H32F4N4O3. The fourth-order valence-corrected chi connectivity index (χ4v) is 5.73. The maximum absolute atomic E-state index is 15.1. The van der Waals surface area contributed by atoms with Crippen LogP contribution in [0, 0.1) is 17.6 Å². The molecule has 3 atom stereocenters. The molecule has 2 heterocycles. The van der Waals surface area contributed by atoms with Crippen LogP contribution >= 0.6 is 0 Å². The molecule has 7 nitrogen and oxygen atoms in total. The highest BCUT2D eigenvalue weighted by molar-refractivity contribution is 5.91. The summed E-state index contributed by atoms with van der Waals surface area (Å²) in [6.07, 6.45) is 1.61. The van der Waals surface area contributed by atoms with Crippen LogP contribution in [0.1, 0.15) is 81.6 Å². The quantitative estimate of drug-likeness (QED) is 0.316. The summed E-state index contributed by atoms with van der Waals surface area (Å²) < 4.78 is 64.3. The number of aromatic nitrogens is 2. The van der Waals surface area contributed by atoms with Gasteiger partial charge in [0, 0.05) is 29.7 Å². The number of nitrogens with zero attached hydrogens (tertiary/aromatic N) is 2. The third-order valence-corrected chi connectivity index (χ3v) is 7.76. The summed E-state index contributed by atoms with van der Waals surface area (Å²) >= 11 is 0. The van der Waals surface area contributed by atoms with E-state index in [1.54, 1.807) is 12.1 Å². The molecule has 5 rings (SSSR count). The second-order valence-electron chi connectivity index (χ2n) is 10.5. The number of benzene rings is 2. The highest BCUT2D eigenvalue weighted by atomic mass is 19.3. The lowest BCUT2D eigenvalue weighted by Gasteiger charge is -2.21. The zero-order chi connectivity index (χ0) is 28.4. The first-order valence-corrected chi connectivity index (χ1v) is 13.7. The molecule has 3 N–H and O–H groups in total. The zero-order valence-electron chi connectivity index (χ0n) is 22.2. The number of alkyl halides is 2. The van der Waals surface area contributed by atoms with Crippen molar-refractivity contribution in [3.63, 3.8) is 0 Å². The maximum Gasteiger partial charge on any atom is 0.586 e. The van der Waals surface area contributed by atoms with E-state index in [-0.39, 0.29) is 46.2 Å². The standard InChI is InChI=1S/C29H32F4N4O3/c1-2-35-21(16-10-12-19(30)13-11-16)15-22(38)17-6-3-4-7-18(9-5-8-17)28-36-25-20(27(34)37-28)14-23-26(24(25)31)40-29(32,33)39-23/h10-14,17-18,21,35H,2-9,15H2,1H3,(H2,34,36,37)/t17?,18?,21-/m1/s1. The number of carbonyl (C=O) groups is 1. The van der Waals surface area contributed by atoms with Crippen LogP contribution in [0.25, 0.3) is 10.9 Å². The number of nitrogens with one attached hydrogen (secondary N) is 1. The summed E-state index contributed by atoms with van der Waals surface area (Å²) in [4.78, 5) is 22.1. The highest BCUT2D eigenvalue weighted by Crippen LogP contribution is 2.46. The second-order valence-corrected chi connectivity index (χ2v) is 10.5. The van der Waals surface area contributed by atoms with Crippen molar-refractivity contribution in [3.05, 3.63) is 53.4 Å². The number of Topliss-reactive ketones (excluding diaryl/α,β-unsaturated/α-hetero) is 1. The van der Waals surface area contributed by atoms with Gasteiger partial charge in [0.25, 0.3) is 0 Å². The molecule has 1 aliphatic carbocycles. The fourth-order valence-electron chi connectivity index (χ4n) is 5.73. The summed E-state index contributed by atoms with van der Waals surface area (Å²) in [5, 5.41) is 3.42. The van der Waals surface area contributed by atoms with E-state index in [0.717, 1.165) is 37.7 Å². The topological polar surface area (TPSA) is 99.4 Å². The molecule has 0 bridgehead atoms. The Morgan fingerprint density at radius 3 is 2.52 bits per heavy atom. The number of carbonyl (C=O) groups excluding carboxylic acids is 1. The largest absolute Gasteiger partial charge is 0.586 e. The first-order chi connectivity index (χ1) is 19.1. The lowest BCUT2D eigenvalue weighted by atomic mass is 9.87. The number of nitrogens with two attached hydrogens (primary N) is 1. The molecule has 2 aliphatic rings. The van der Waals surface area contributed by atoms with E-state index in [1.807, 2.05) is 6.92 Å². The van der Waals surface area contributed by atoms with Crippen molar-refractivity contribution in [2.24, 2.45) is 5.92 Å². The van der Waals surface area contributed by atoms with Gasteiger partial charge in [-0.25, -0.2) is 18.7 Å². The number of ether oxygens (including phenoxy) is 2. The van der Waals surface area contributed by atoms with Gasteiger partial charge in [-0.2, -0.15) is 0 Å². The smallest absolute Gasteiger partial charge is 0.395 e. The van der Waals surface area contributed by atoms with Crippen LogP contribution in [-0.2, 0) is 4.79 Å². The van der Waals surface area contributed by atoms with Crippen LogP contribution < -0.4 is 20.5 Å². The Bertz CT molecular complexity index is 1390. The fraction of sp³-hybridized carbons (Fsp3) is 0.483. The van der Waals surface area contributed by atoms with Crippen LogP contribution in [-0.4, -0.2) is 28.6 Å². The molecule has 1 fully saturated rings. The first-order valence-electron chi connectivity index (χ1n) is 13.7. The molecule has 1 saturated carbocycles. The number of hydrogen-bond donors (Lipinski definition) is 2. The van der Waals surface area contributed by atoms with Crippen molar-refractivity contribution in [2.45, 2.75) is 76.5 Å². The minimum atomic E-state index is -3.97. The predicted molar refractivity (Wildman–Crippen MR) is 141 cm³/mol. The summed E-state index contributed by atoms with van der Waals surface area (Å²) in [6, 6.07) is 7.21. The second kappa shape index (κ2) is 11.6. The average Bonchev–Trinajstić information content (AvgIpc) is 3.29. The highest BCUT2D eigenvalue weighted by Gasteiger charge is 2.46. The van der Waals surface area contributed by atoms with Gasteiger partial charge in [-0.05, 0) is 56.0 Å². The number of fused-ring (bicyclic) bond motifs is 2. The maximum atomic E-state index is 15.1. The lowest BCUT2D eigenvalue weighted by Crippen LogP contribution is -2.26. The summed E-state index contributed by atoms with van der Waals surface area (Å²) in [5.74, 6) is -2.25. The Hall–Kier alpha value is -3.47. The van der Waals surface area contributed by atoms with Gasteiger partial charge in [0.15, 0.2) is 11.6 Å². The molecule has 1 aromatic heterocycles. The number of hydrogen-bond acceptors (Lipinski definition) is 7. The van der Waals surface area contributed by atoms with E-state index >= 15 is 4.39 Å². The Morgan fingerprint density at radius 1 is 1.07 bits per heavy atom. The van der Waals surface area contributed by atoms with Crippen molar-refractivity contribution in [2.75, 3.05) is 12.3 Å². The number of halogens is 4. The molecule has 2 aromatic carbocycles. The summed E-state index contributed by atoms with van der Waals surface area (Å²) in [5.41, 5.74) is 6.80. The van der Waals surface area contributed by atoms with Gasteiger partial charge >= 0.3 is 6.29 Å². The molecular weight excluding hydrogens is 528 g/mol. The number of ketones is 1. The van der Waals surface area contributed by atoms with E-state index in [4.69, 9.17) is 5.73 Å². The molecule has 1 aliphatic heterocycles. The van der Waals surface area contributed by atoms with Crippen molar-refractivity contribution >= 4 is 22.5 Å². The van der Waals surface area contributed by atoms with Gasteiger partial charge in [0.1, 0.15) is 28.8 Å². The third kappa shape index (κ3) is 5.99. The first kappa shape index (κ1) is 28.1. The van der Waals surface area contributed by atoms with E-state index in [2.05, 4.69) is 24.8 Å². The van der Waals surface area contributed by atoms with Gasteiger partial charge in [-0.15, -0.1) is 8.78 Å². The van der Waals surface area contributed by atoms with Gasteiger partial charge < -0.3 is 20.5 Å². The van der Waals surface area contributed by atoms with Crippen LogP contribution in [0.3, 0.4) is 0 Å². The Balaban J connectivity index is 1.29. The van der Waals surface area contributed by atoms with Crippen LogP contribution in [0.2, 0.25) is 0 Å². The molecule has 0 saturated heterocycles. The summed E-state index contributed by atoms with van der Waals surface area (Å²) in [7, 11) is 0. The molecule has 11 heteroatoms. The van der Waals surface area contributed by atoms with Crippen molar-refractivity contribution in [1.82, 2.24) is 15.3 Å². The van der Waals surface area contributed by atoms with Crippen LogP contribution in [0.15, 0.2) is 30.3 Å². The summed E-state index contributed by atoms with van der Waals surface area (Å²) in [6.45, 7) is 2.65. The monoisotopic (exact) mass is 560 g/mol. The molecule has 0 radical (unpaired) electrons. The molecule has 2 unspecified atom stereocenters. The Kier molecular flexibility index (Phi) is 8.11. The van der Waals surface area contributed by atoms with Crippen molar-refractivity contribution in [1.29, 1.82) is 0 Å². The third-order valence-electron chi connectivity index (χ3n) is 7.76. The SMILES string of the molecule is CCN[C@H](CC(=O)C1CCCCC(c2nc(N)c3cc4c(c(F)c3n2)OC(F)(F)O4)CCC1)c1ccc(F)cc1. The normalized spacial score (nSPS) is 21.4. The molecule has 40 heavy (non-hydrogen) atoms. The Morgan fingerprint density at radius 2 is 1.77 bits per heavy atom. The molecule has 0 spiro atoms. The number of anilines is 1. The van der Waals surface area contributed by atoms with E-state index in [9.17, 15) is 18.0 Å². The predicted octanol–water partition coefficient (Wildman–Crippen LogP) is 6.57. The van der Waals surface area contributed by atoms with Gasteiger partial charge in [0.2, 0.25) is 5.75 Å². The zero-order valence-corrected chi connectivity index (χ0v) is 22.2. The van der Waals surface area contributed by atoms with E-state index in [0.29, 0.717) is 31.6 Å². The van der Waals surface area contributed by atoms with Crippen LogP contribution in [0.5, 0.6) is 11.5 Å². The number of nitrogen functional groups attached to an aromatic ring is 1. The molecule has 3 aromatic rings. The molecule has 214 valence electrons. The Labute approximate surface area is 229 Å².